The smallest absolute Gasteiger partial charge is 0.246 e. The van der Waals surface area contributed by atoms with Crippen LogP contribution in [0.15, 0.2) is 30.9 Å². The highest BCUT2D eigenvalue weighted by Gasteiger charge is 2.27. The number of aromatic nitrogens is 5. The number of rotatable bonds is 5. The molecular formula is C21H25N7OS. The average molecular weight is 424 g/mol. The minimum Gasteiger partial charge on any atom is -0.338 e. The fourth-order valence-electron chi connectivity index (χ4n) is 3.57. The fourth-order valence-corrected chi connectivity index (χ4v) is 4.38. The van der Waals surface area contributed by atoms with Crippen LogP contribution >= 0.6 is 11.3 Å². The topological polar surface area (TPSA) is 88.8 Å². The number of piperidine rings is 1. The second-order valence-electron chi connectivity index (χ2n) is 7.48. The van der Waals surface area contributed by atoms with Crippen molar-refractivity contribution in [1.29, 1.82) is 0 Å². The molecule has 3 aromatic heterocycles. The van der Waals surface area contributed by atoms with E-state index in [1.165, 1.54) is 4.88 Å². The molecular weight excluding hydrogens is 398 g/mol. The summed E-state index contributed by atoms with van der Waals surface area (Å²) in [5, 5.41) is 8.27. The number of carbonyl (C=O) groups excluding carboxylic acids is 1. The lowest BCUT2D eigenvalue weighted by Crippen LogP contribution is -2.38. The summed E-state index contributed by atoms with van der Waals surface area (Å²) in [6.45, 7) is 5.43. The number of hydrogen-bond acceptors (Lipinski definition) is 7. The number of carbonyl (C=O) groups is 1. The lowest BCUT2D eigenvalue weighted by Gasteiger charge is -2.32. The Bertz CT molecular complexity index is 1050. The Balaban J connectivity index is 1.48. The number of anilines is 2. The Morgan fingerprint density at radius 1 is 1.30 bits per heavy atom. The van der Waals surface area contributed by atoms with E-state index in [2.05, 4.69) is 32.3 Å². The van der Waals surface area contributed by atoms with Gasteiger partial charge >= 0.3 is 0 Å². The van der Waals surface area contributed by atoms with Crippen molar-refractivity contribution in [2.24, 2.45) is 7.05 Å². The number of thiazole rings is 1. The zero-order chi connectivity index (χ0) is 21.1. The van der Waals surface area contributed by atoms with Crippen LogP contribution in [0.25, 0.3) is 6.08 Å². The molecule has 3 aromatic rings. The first-order chi connectivity index (χ1) is 14.5. The largest absolute Gasteiger partial charge is 0.338 e. The van der Waals surface area contributed by atoms with Crippen molar-refractivity contribution in [2.45, 2.75) is 32.6 Å². The fraction of sp³-hybridized carbons (Fsp3) is 0.381. The monoisotopic (exact) mass is 423 g/mol. The standard InChI is InChI=1S/C21H25N7OS/c1-14-15(2)30-21(25-14)26-20-19(22-8-9-23-20)17-5-4-10-28(13-17)18(29)7-6-16-11-24-27(3)12-16/h6-9,11-12,17H,4-5,10,13H2,1-3H3,(H,23,25,26)/b7-6+/t17-/m1/s1. The predicted molar refractivity (Wildman–Crippen MR) is 118 cm³/mol. The van der Waals surface area contributed by atoms with E-state index in [1.807, 2.05) is 25.1 Å². The van der Waals surface area contributed by atoms with E-state index in [-0.39, 0.29) is 11.8 Å². The van der Waals surface area contributed by atoms with Gasteiger partial charge < -0.3 is 10.2 Å². The molecule has 1 N–H and O–H groups in total. The lowest BCUT2D eigenvalue weighted by atomic mass is 9.94. The summed E-state index contributed by atoms with van der Waals surface area (Å²) in [6.07, 6.45) is 12.3. The summed E-state index contributed by atoms with van der Waals surface area (Å²) < 4.78 is 1.72. The molecule has 0 spiro atoms. The molecule has 1 aliphatic heterocycles. The quantitative estimate of drug-likeness (QED) is 0.633. The predicted octanol–water partition coefficient (Wildman–Crippen LogP) is 3.45. The van der Waals surface area contributed by atoms with Gasteiger partial charge in [-0.15, -0.1) is 11.3 Å². The molecule has 1 aliphatic rings. The van der Waals surface area contributed by atoms with Gasteiger partial charge in [-0.25, -0.2) is 9.97 Å². The van der Waals surface area contributed by atoms with Crippen molar-refractivity contribution in [3.05, 3.63) is 52.7 Å². The maximum atomic E-state index is 12.7. The third kappa shape index (κ3) is 4.56. The van der Waals surface area contributed by atoms with Crippen molar-refractivity contribution in [3.63, 3.8) is 0 Å². The van der Waals surface area contributed by atoms with Gasteiger partial charge in [-0.05, 0) is 32.8 Å². The zero-order valence-electron chi connectivity index (χ0n) is 17.4. The van der Waals surface area contributed by atoms with Crippen LogP contribution in [0.2, 0.25) is 0 Å². The van der Waals surface area contributed by atoms with Crippen molar-refractivity contribution >= 4 is 34.3 Å². The molecule has 0 aliphatic carbocycles. The molecule has 0 bridgehead atoms. The molecule has 4 rings (SSSR count). The molecule has 1 amide bonds. The molecule has 9 heteroatoms. The number of aryl methyl sites for hydroxylation is 3. The number of amides is 1. The van der Waals surface area contributed by atoms with Crippen LogP contribution in [0.1, 0.15) is 40.6 Å². The highest BCUT2D eigenvalue weighted by Crippen LogP contribution is 2.32. The number of hydrogen-bond donors (Lipinski definition) is 1. The van der Waals surface area contributed by atoms with Crippen molar-refractivity contribution < 1.29 is 4.79 Å². The molecule has 4 heterocycles. The Labute approximate surface area is 179 Å². The van der Waals surface area contributed by atoms with Crippen LogP contribution in [0, 0.1) is 13.8 Å². The zero-order valence-corrected chi connectivity index (χ0v) is 18.2. The van der Waals surface area contributed by atoms with Crippen LogP contribution in [-0.2, 0) is 11.8 Å². The molecule has 8 nitrogen and oxygen atoms in total. The summed E-state index contributed by atoms with van der Waals surface area (Å²) in [4.78, 5) is 29.4. The van der Waals surface area contributed by atoms with Crippen LogP contribution < -0.4 is 5.32 Å². The van der Waals surface area contributed by atoms with E-state index in [4.69, 9.17) is 0 Å². The molecule has 30 heavy (non-hydrogen) atoms. The number of likely N-dealkylation sites (tertiary alicyclic amines) is 1. The van der Waals surface area contributed by atoms with Crippen molar-refractivity contribution in [1.82, 2.24) is 29.6 Å². The van der Waals surface area contributed by atoms with E-state index in [9.17, 15) is 4.79 Å². The first-order valence-corrected chi connectivity index (χ1v) is 10.8. The molecule has 1 fully saturated rings. The Morgan fingerprint density at radius 2 is 2.13 bits per heavy atom. The SMILES string of the molecule is Cc1nc(Nc2nccnc2[C@@H]2CCCN(C(=O)/C=C/c3cnn(C)c3)C2)sc1C. The van der Waals surface area contributed by atoms with Crippen LogP contribution in [0.5, 0.6) is 0 Å². The van der Waals surface area contributed by atoms with Crippen LogP contribution in [0.4, 0.5) is 10.9 Å². The van der Waals surface area contributed by atoms with E-state index in [1.54, 1.807) is 46.8 Å². The van der Waals surface area contributed by atoms with Gasteiger partial charge in [-0.1, -0.05) is 0 Å². The molecule has 1 saturated heterocycles. The van der Waals surface area contributed by atoms with E-state index in [0.717, 1.165) is 47.3 Å². The van der Waals surface area contributed by atoms with Crippen molar-refractivity contribution in [2.75, 3.05) is 18.4 Å². The molecule has 1 atom stereocenters. The van der Waals surface area contributed by atoms with Gasteiger partial charge in [0.2, 0.25) is 5.91 Å². The Kier molecular flexibility index (Phi) is 5.89. The second kappa shape index (κ2) is 8.74. The third-order valence-corrected chi connectivity index (χ3v) is 6.23. The Morgan fingerprint density at radius 3 is 2.87 bits per heavy atom. The molecule has 0 unspecified atom stereocenters. The van der Waals surface area contributed by atoms with Crippen molar-refractivity contribution in [3.8, 4) is 0 Å². The molecule has 0 aromatic carbocycles. The summed E-state index contributed by atoms with van der Waals surface area (Å²) in [5.74, 6) is 0.859. The van der Waals surface area contributed by atoms with Gasteiger partial charge in [0.1, 0.15) is 0 Å². The molecule has 0 radical (unpaired) electrons. The third-order valence-electron chi connectivity index (χ3n) is 5.24. The molecule has 156 valence electrons. The summed E-state index contributed by atoms with van der Waals surface area (Å²) >= 11 is 1.61. The normalized spacial score (nSPS) is 16.9. The first-order valence-electron chi connectivity index (χ1n) is 9.97. The lowest BCUT2D eigenvalue weighted by molar-refractivity contribution is -0.127. The minimum atomic E-state index is 0.00752. The number of nitrogens with zero attached hydrogens (tertiary/aromatic N) is 6. The summed E-state index contributed by atoms with van der Waals surface area (Å²) in [6, 6.07) is 0. The average Bonchev–Trinajstić information content (AvgIpc) is 3.31. The van der Waals surface area contributed by atoms with Crippen LogP contribution in [0.3, 0.4) is 0 Å². The first kappa shape index (κ1) is 20.2. The van der Waals surface area contributed by atoms with Gasteiger partial charge in [0.25, 0.3) is 0 Å². The minimum absolute atomic E-state index is 0.00752. The van der Waals surface area contributed by atoms with Gasteiger partial charge in [0.05, 0.1) is 17.6 Å². The maximum absolute atomic E-state index is 12.7. The highest BCUT2D eigenvalue weighted by atomic mass is 32.1. The second-order valence-corrected chi connectivity index (χ2v) is 8.68. The van der Waals surface area contributed by atoms with Gasteiger partial charge in [-0.2, -0.15) is 5.10 Å². The summed E-state index contributed by atoms with van der Waals surface area (Å²) in [5.41, 5.74) is 2.81. The van der Waals surface area contributed by atoms with E-state index >= 15 is 0 Å². The molecule has 0 saturated carbocycles. The highest BCUT2D eigenvalue weighted by molar-refractivity contribution is 7.15. The van der Waals surface area contributed by atoms with E-state index in [0.29, 0.717) is 6.54 Å². The summed E-state index contributed by atoms with van der Waals surface area (Å²) in [7, 11) is 1.86. The van der Waals surface area contributed by atoms with Gasteiger partial charge in [-0.3, -0.25) is 14.5 Å². The van der Waals surface area contributed by atoms with E-state index < -0.39 is 0 Å². The van der Waals surface area contributed by atoms with Gasteiger partial charge in [0.15, 0.2) is 10.9 Å². The Hall–Kier alpha value is -3.07. The van der Waals surface area contributed by atoms with Gasteiger partial charge in [0, 0.05) is 61.2 Å². The number of nitrogens with one attached hydrogen (secondary N) is 1. The van der Waals surface area contributed by atoms with Crippen LogP contribution in [-0.4, -0.2) is 48.6 Å². The maximum Gasteiger partial charge on any atom is 0.246 e.